The number of rotatable bonds is 2. The van der Waals surface area contributed by atoms with E-state index in [0.29, 0.717) is 16.0 Å². The second kappa shape index (κ2) is 5.54. The highest BCUT2D eigenvalue weighted by molar-refractivity contribution is 9.10. The van der Waals surface area contributed by atoms with Crippen LogP contribution in [0.1, 0.15) is 34.8 Å². The van der Waals surface area contributed by atoms with Gasteiger partial charge in [-0.25, -0.2) is 9.78 Å². The van der Waals surface area contributed by atoms with Gasteiger partial charge in [-0.05, 0) is 34.8 Å². The van der Waals surface area contributed by atoms with Crippen molar-refractivity contribution < 1.29 is 14.3 Å². The third-order valence-electron chi connectivity index (χ3n) is 3.61. The molecule has 0 unspecified atom stereocenters. The number of imidazole rings is 1. The molecule has 1 fully saturated rings. The molecule has 3 heterocycles. The lowest BCUT2D eigenvalue weighted by Gasteiger charge is -2.19. The molecule has 106 valence electrons. The fraction of sp³-hybridized carbons (Fsp3) is 0.429. The Bertz CT molecular complexity index is 647. The number of hydrogen-bond acceptors (Lipinski definition) is 4. The van der Waals surface area contributed by atoms with Gasteiger partial charge in [0.1, 0.15) is 5.65 Å². The molecule has 0 bridgehead atoms. The van der Waals surface area contributed by atoms with E-state index in [2.05, 4.69) is 20.9 Å². The zero-order chi connectivity index (χ0) is 14.1. The van der Waals surface area contributed by atoms with Crippen molar-refractivity contribution in [3.8, 4) is 0 Å². The fourth-order valence-corrected chi connectivity index (χ4v) is 2.98. The average Bonchev–Trinajstić information content (AvgIpc) is 2.89. The summed E-state index contributed by atoms with van der Waals surface area (Å²) in [5, 5.41) is 0. The smallest absolute Gasteiger partial charge is 0.339 e. The van der Waals surface area contributed by atoms with Gasteiger partial charge in [0.25, 0.3) is 0 Å². The molecule has 2 aromatic rings. The van der Waals surface area contributed by atoms with Gasteiger partial charge in [-0.1, -0.05) is 0 Å². The van der Waals surface area contributed by atoms with Crippen LogP contribution in [0.2, 0.25) is 0 Å². The predicted molar refractivity (Wildman–Crippen MR) is 77.0 cm³/mol. The van der Waals surface area contributed by atoms with Crippen molar-refractivity contribution in [2.24, 2.45) is 0 Å². The van der Waals surface area contributed by atoms with E-state index in [1.54, 1.807) is 6.07 Å². The number of halogens is 1. The van der Waals surface area contributed by atoms with Crippen molar-refractivity contribution in [3.05, 3.63) is 34.2 Å². The van der Waals surface area contributed by atoms with Crippen LogP contribution in [-0.2, 0) is 9.47 Å². The minimum atomic E-state index is -0.366. The van der Waals surface area contributed by atoms with Crippen molar-refractivity contribution in [3.63, 3.8) is 0 Å². The summed E-state index contributed by atoms with van der Waals surface area (Å²) < 4.78 is 12.8. The maximum absolute atomic E-state index is 11.7. The van der Waals surface area contributed by atoms with Crippen molar-refractivity contribution in [1.82, 2.24) is 9.38 Å². The SMILES string of the molecule is COC(=O)c1cc2nc(C3CCOCC3)cn2cc1Br. The van der Waals surface area contributed by atoms with Crippen molar-refractivity contribution >= 4 is 27.5 Å². The van der Waals surface area contributed by atoms with Crippen LogP contribution in [0, 0.1) is 0 Å². The van der Waals surface area contributed by atoms with E-state index in [4.69, 9.17) is 9.47 Å². The molecular formula is C14H15BrN2O3. The number of carbonyl (C=O) groups excluding carboxylic acids is 1. The van der Waals surface area contributed by atoms with Crippen LogP contribution in [-0.4, -0.2) is 35.7 Å². The number of ether oxygens (including phenoxy) is 2. The summed E-state index contributed by atoms with van der Waals surface area (Å²) in [6.07, 6.45) is 5.86. The van der Waals surface area contributed by atoms with Crippen LogP contribution in [0.4, 0.5) is 0 Å². The number of aromatic nitrogens is 2. The Labute approximate surface area is 125 Å². The summed E-state index contributed by atoms with van der Waals surface area (Å²) in [5.74, 6) is 0.0685. The average molecular weight is 339 g/mol. The molecule has 6 heteroatoms. The maximum Gasteiger partial charge on any atom is 0.339 e. The molecule has 0 aromatic carbocycles. The first-order valence-corrected chi connectivity index (χ1v) is 7.32. The van der Waals surface area contributed by atoms with Crippen LogP contribution >= 0.6 is 15.9 Å². The molecule has 1 saturated heterocycles. The monoisotopic (exact) mass is 338 g/mol. The summed E-state index contributed by atoms with van der Waals surface area (Å²) in [5.41, 5.74) is 2.31. The summed E-state index contributed by atoms with van der Waals surface area (Å²) >= 11 is 3.39. The van der Waals surface area contributed by atoms with Crippen LogP contribution in [0.15, 0.2) is 22.9 Å². The number of pyridine rings is 1. The van der Waals surface area contributed by atoms with Crippen LogP contribution < -0.4 is 0 Å². The van der Waals surface area contributed by atoms with E-state index in [1.807, 2.05) is 16.8 Å². The van der Waals surface area contributed by atoms with Gasteiger partial charge < -0.3 is 13.9 Å². The maximum atomic E-state index is 11.7. The van der Waals surface area contributed by atoms with E-state index < -0.39 is 0 Å². The highest BCUT2D eigenvalue weighted by Gasteiger charge is 2.20. The minimum Gasteiger partial charge on any atom is -0.465 e. The topological polar surface area (TPSA) is 52.8 Å². The lowest BCUT2D eigenvalue weighted by Crippen LogP contribution is -2.14. The molecule has 0 saturated carbocycles. The highest BCUT2D eigenvalue weighted by atomic mass is 79.9. The Kier molecular flexibility index (Phi) is 3.76. The van der Waals surface area contributed by atoms with E-state index in [0.717, 1.165) is 37.4 Å². The van der Waals surface area contributed by atoms with Crippen LogP contribution in [0.5, 0.6) is 0 Å². The summed E-state index contributed by atoms with van der Waals surface area (Å²) in [4.78, 5) is 16.3. The number of esters is 1. The summed E-state index contributed by atoms with van der Waals surface area (Å²) in [6.45, 7) is 1.57. The van der Waals surface area contributed by atoms with Crippen LogP contribution in [0.25, 0.3) is 5.65 Å². The first-order valence-electron chi connectivity index (χ1n) is 6.53. The molecule has 1 aliphatic heterocycles. The Hall–Kier alpha value is -1.40. The van der Waals surface area contributed by atoms with E-state index >= 15 is 0 Å². The molecule has 0 amide bonds. The van der Waals surface area contributed by atoms with Crippen molar-refractivity contribution in [2.45, 2.75) is 18.8 Å². The molecule has 0 spiro atoms. The fourth-order valence-electron chi connectivity index (χ4n) is 2.48. The van der Waals surface area contributed by atoms with Gasteiger partial charge in [0.05, 0.1) is 18.4 Å². The lowest BCUT2D eigenvalue weighted by atomic mass is 9.97. The molecular weight excluding hydrogens is 324 g/mol. The Balaban J connectivity index is 2.00. The second-order valence-corrected chi connectivity index (χ2v) is 5.70. The molecule has 0 N–H and O–H groups in total. The van der Waals surface area contributed by atoms with Crippen molar-refractivity contribution in [1.29, 1.82) is 0 Å². The zero-order valence-electron chi connectivity index (χ0n) is 11.1. The minimum absolute atomic E-state index is 0.366. The van der Waals surface area contributed by atoms with Gasteiger partial charge in [-0.3, -0.25) is 0 Å². The van der Waals surface area contributed by atoms with Gasteiger partial charge in [-0.15, -0.1) is 0 Å². The van der Waals surface area contributed by atoms with E-state index in [1.165, 1.54) is 7.11 Å². The highest BCUT2D eigenvalue weighted by Crippen LogP contribution is 2.27. The third-order valence-corrected chi connectivity index (χ3v) is 4.24. The molecule has 0 aliphatic carbocycles. The third kappa shape index (κ3) is 2.45. The first kappa shape index (κ1) is 13.6. The number of methoxy groups -OCH3 is 1. The Morgan fingerprint density at radius 2 is 2.20 bits per heavy atom. The molecule has 0 atom stereocenters. The molecule has 5 nitrogen and oxygen atoms in total. The van der Waals surface area contributed by atoms with Gasteiger partial charge in [0.2, 0.25) is 0 Å². The Morgan fingerprint density at radius 3 is 2.90 bits per heavy atom. The lowest BCUT2D eigenvalue weighted by molar-refractivity contribution is 0.0599. The van der Waals surface area contributed by atoms with Crippen molar-refractivity contribution in [2.75, 3.05) is 20.3 Å². The van der Waals surface area contributed by atoms with Crippen LogP contribution in [0.3, 0.4) is 0 Å². The van der Waals surface area contributed by atoms with Gasteiger partial charge in [-0.2, -0.15) is 0 Å². The second-order valence-electron chi connectivity index (χ2n) is 4.84. The van der Waals surface area contributed by atoms with E-state index in [9.17, 15) is 4.79 Å². The number of hydrogen-bond donors (Lipinski definition) is 0. The van der Waals surface area contributed by atoms with Gasteiger partial charge in [0, 0.05) is 36.0 Å². The molecule has 0 radical (unpaired) electrons. The molecule has 1 aliphatic rings. The number of nitrogens with zero attached hydrogens (tertiary/aromatic N) is 2. The largest absolute Gasteiger partial charge is 0.465 e. The summed E-state index contributed by atoms with van der Waals surface area (Å²) in [7, 11) is 1.37. The predicted octanol–water partition coefficient (Wildman–Crippen LogP) is 2.78. The van der Waals surface area contributed by atoms with Gasteiger partial charge in [0.15, 0.2) is 0 Å². The summed E-state index contributed by atoms with van der Waals surface area (Å²) in [6, 6.07) is 1.75. The molecule has 20 heavy (non-hydrogen) atoms. The number of fused-ring (bicyclic) bond motifs is 1. The molecule has 3 rings (SSSR count). The normalized spacial score (nSPS) is 16.5. The standard InChI is InChI=1S/C14H15BrN2O3/c1-19-14(18)10-6-13-16-12(8-17(13)7-11(10)15)9-2-4-20-5-3-9/h6-9H,2-5H2,1H3. The first-order chi connectivity index (χ1) is 9.69. The van der Waals surface area contributed by atoms with E-state index in [-0.39, 0.29) is 5.97 Å². The quantitative estimate of drug-likeness (QED) is 0.790. The Morgan fingerprint density at radius 1 is 1.45 bits per heavy atom. The van der Waals surface area contributed by atoms with Gasteiger partial charge >= 0.3 is 5.97 Å². The molecule has 2 aromatic heterocycles. The number of carbonyl (C=O) groups is 1. The zero-order valence-corrected chi connectivity index (χ0v) is 12.7.